The number of carbonyl (C=O) groups excluding carboxylic acids is 5. The second-order valence-corrected chi connectivity index (χ2v) is 19.4. The van der Waals surface area contributed by atoms with E-state index in [1.54, 1.807) is 25.2 Å². The fraction of sp³-hybridized carbons (Fsp3) is 0.682. The molecule has 0 bridgehead atoms. The summed E-state index contributed by atoms with van der Waals surface area (Å²) < 4.78 is 12.2. The molecule has 1 aromatic heterocycles. The highest BCUT2D eigenvalue weighted by molar-refractivity contribution is 7.15. The normalized spacial score (nSPS) is 15.2. The SMILES string of the molecule is CCCN[C@H]1CCc2nc(NC(=O)CCCC(=O)NC(C)(C)CCOC(C)(C)CC(=O)NC(C)(C)CCOC(C)(C)CC(=O)N[C@@H](Cc3ccccc3)C(N)=O)sc2C1. The predicted molar refractivity (Wildman–Crippen MR) is 233 cm³/mol. The highest BCUT2D eigenvalue weighted by Crippen LogP contribution is 2.30. The van der Waals surface area contributed by atoms with Gasteiger partial charge in [0.05, 0.1) is 29.7 Å². The molecule has 2 atom stereocenters. The lowest BCUT2D eigenvalue weighted by atomic mass is 9.97. The molecule has 0 saturated carbocycles. The molecule has 0 fully saturated rings. The Kier molecular flexibility index (Phi) is 19.0. The van der Waals surface area contributed by atoms with Gasteiger partial charge in [-0.3, -0.25) is 24.0 Å². The summed E-state index contributed by atoms with van der Waals surface area (Å²) in [5, 5.41) is 16.0. The van der Waals surface area contributed by atoms with E-state index in [-0.39, 0.29) is 55.9 Å². The molecule has 15 heteroatoms. The third-order valence-electron chi connectivity index (χ3n) is 10.2. The first-order valence-electron chi connectivity index (χ1n) is 21.1. The molecule has 1 aliphatic carbocycles. The number of primary amides is 1. The molecule has 3 rings (SSSR count). The van der Waals surface area contributed by atoms with E-state index in [2.05, 4.69) is 38.5 Å². The second kappa shape index (κ2) is 22.6. The number of hydrogen-bond donors (Lipinski definition) is 6. The van der Waals surface area contributed by atoms with Crippen LogP contribution >= 0.6 is 11.3 Å². The lowest BCUT2D eigenvalue weighted by Gasteiger charge is -2.32. The Labute approximate surface area is 355 Å². The van der Waals surface area contributed by atoms with E-state index in [0.717, 1.165) is 43.5 Å². The Morgan fingerprint density at radius 1 is 0.831 bits per heavy atom. The lowest BCUT2D eigenvalue weighted by molar-refractivity contribution is -0.132. The summed E-state index contributed by atoms with van der Waals surface area (Å²) in [4.78, 5) is 69.2. The molecule has 1 heterocycles. The van der Waals surface area contributed by atoms with E-state index in [1.165, 1.54) is 4.88 Å². The number of aryl methyl sites for hydroxylation is 1. The third-order valence-corrected chi connectivity index (χ3v) is 11.2. The first-order valence-corrected chi connectivity index (χ1v) is 21.9. The van der Waals surface area contributed by atoms with Gasteiger partial charge in [0.1, 0.15) is 6.04 Å². The monoisotopic (exact) mass is 842 g/mol. The second-order valence-electron chi connectivity index (χ2n) is 18.3. The topological polar surface area (TPSA) is 203 Å². The average Bonchev–Trinajstić information content (AvgIpc) is 3.50. The van der Waals surface area contributed by atoms with E-state index in [1.807, 2.05) is 71.9 Å². The number of amides is 5. The molecule has 1 aliphatic rings. The maximum Gasteiger partial charge on any atom is 0.240 e. The Hall–Kier alpha value is -3.92. The number of aromatic nitrogens is 1. The van der Waals surface area contributed by atoms with Gasteiger partial charge in [0.2, 0.25) is 29.5 Å². The Morgan fingerprint density at radius 2 is 1.41 bits per heavy atom. The summed E-state index contributed by atoms with van der Waals surface area (Å²) in [6.45, 7) is 18.8. The Bertz CT molecular complexity index is 1690. The van der Waals surface area contributed by atoms with Crippen molar-refractivity contribution in [1.29, 1.82) is 0 Å². The van der Waals surface area contributed by atoms with E-state index in [0.29, 0.717) is 43.5 Å². The number of benzene rings is 1. The molecule has 0 aliphatic heterocycles. The fourth-order valence-electron chi connectivity index (χ4n) is 6.89. The van der Waals surface area contributed by atoms with Crippen molar-refractivity contribution in [3.63, 3.8) is 0 Å². The molecule has 0 radical (unpaired) electrons. The number of rotatable bonds is 26. The number of thiazole rings is 1. The first-order chi connectivity index (χ1) is 27.6. The van der Waals surface area contributed by atoms with E-state index < -0.39 is 34.2 Å². The number of carbonyl (C=O) groups is 5. The molecular formula is C44H71N7O7S. The van der Waals surface area contributed by atoms with E-state index >= 15 is 0 Å². The molecule has 0 unspecified atom stereocenters. The first kappa shape index (κ1) is 49.4. The minimum absolute atomic E-state index is 0.0248. The minimum Gasteiger partial charge on any atom is -0.375 e. The van der Waals surface area contributed by atoms with Crippen LogP contribution in [0.2, 0.25) is 0 Å². The highest BCUT2D eigenvalue weighted by atomic mass is 32.1. The van der Waals surface area contributed by atoms with Crippen molar-refractivity contribution < 1.29 is 33.4 Å². The van der Waals surface area contributed by atoms with Gasteiger partial charge in [-0.25, -0.2) is 4.98 Å². The third kappa shape index (κ3) is 19.3. The maximum absolute atomic E-state index is 13.1. The van der Waals surface area contributed by atoms with Crippen LogP contribution in [0.25, 0.3) is 0 Å². The van der Waals surface area contributed by atoms with Crippen molar-refractivity contribution in [1.82, 2.24) is 26.3 Å². The highest BCUT2D eigenvalue weighted by Gasteiger charge is 2.31. The maximum atomic E-state index is 13.1. The fourth-order valence-corrected chi connectivity index (χ4v) is 7.99. The summed E-state index contributed by atoms with van der Waals surface area (Å²) in [6.07, 6.45) is 6.36. The minimum atomic E-state index is -0.833. The van der Waals surface area contributed by atoms with Gasteiger partial charge in [0, 0.05) is 54.5 Å². The van der Waals surface area contributed by atoms with Crippen molar-refractivity contribution >= 4 is 46.0 Å². The number of nitrogens with one attached hydrogen (secondary N) is 5. The molecule has 330 valence electrons. The summed E-state index contributed by atoms with van der Waals surface area (Å²) in [6, 6.07) is 8.98. The average molecular weight is 842 g/mol. The number of hydrogen-bond acceptors (Lipinski definition) is 10. The Morgan fingerprint density at radius 3 is 2.00 bits per heavy atom. The van der Waals surface area contributed by atoms with Gasteiger partial charge in [-0.05, 0) is 112 Å². The van der Waals surface area contributed by atoms with Gasteiger partial charge < -0.3 is 41.8 Å². The molecule has 14 nitrogen and oxygen atoms in total. The molecule has 0 spiro atoms. The summed E-state index contributed by atoms with van der Waals surface area (Å²) in [5.41, 5.74) is 4.81. The summed E-state index contributed by atoms with van der Waals surface area (Å²) in [5.74, 6) is -1.40. The quantitative estimate of drug-likeness (QED) is 0.0731. The molecule has 5 amide bonds. The Balaban J connectivity index is 1.31. The van der Waals surface area contributed by atoms with Crippen molar-refractivity contribution in [3.8, 4) is 0 Å². The van der Waals surface area contributed by atoms with Crippen molar-refractivity contribution in [2.75, 3.05) is 25.1 Å². The van der Waals surface area contributed by atoms with Crippen LogP contribution in [0.15, 0.2) is 30.3 Å². The van der Waals surface area contributed by atoms with Gasteiger partial charge >= 0.3 is 0 Å². The molecule has 2 aromatic rings. The number of fused-ring (bicyclic) bond motifs is 1. The molecular weight excluding hydrogens is 771 g/mol. The largest absolute Gasteiger partial charge is 0.375 e. The van der Waals surface area contributed by atoms with Gasteiger partial charge in [-0.2, -0.15) is 0 Å². The van der Waals surface area contributed by atoms with Gasteiger partial charge in [0.25, 0.3) is 0 Å². The van der Waals surface area contributed by atoms with Crippen LogP contribution in [0.4, 0.5) is 5.13 Å². The number of ether oxygens (including phenoxy) is 2. The van der Waals surface area contributed by atoms with E-state index in [9.17, 15) is 24.0 Å². The zero-order chi connectivity index (χ0) is 43.9. The van der Waals surface area contributed by atoms with Crippen LogP contribution in [-0.2, 0) is 52.7 Å². The van der Waals surface area contributed by atoms with Gasteiger partial charge in [-0.15, -0.1) is 11.3 Å². The van der Waals surface area contributed by atoms with Crippen LogP contribution in [0.5, 0.6) is 0 Å². The van der Waals surface area contributed by atoms with Gasteiger partial charge in [-0.1, -0.05) is 37.3 Å². The predicted octanol–water partition coefficient (Wildman–Crippen LogP) is 5.26. The smallest absolute Gasteiger partial charge is 0.240 e. The zero-order valence-corrected chi connectivity index (χ0v) is 37.8. The molecule has 0 saturated heterocycles. The van der Waals surface area contributed by atoms with Crippen molar-refractivity contribution in [2.45, 2.75) is 174 Å². The zero-order valence-electron chi connectivity index (χ0n) is 36.9. The molecule has 1 aromatic carbocycles. The molecule has 59 heavy (non-hydrogen) atoms. The van der Waals surface area contributed by atoms with Gasteiger partial charge in [0.15, 0.2) is 5.13 Å². The summed E-state index contributed by atoms with van der Waals surface area (Å²) in [7, 11) is 0. The molecule has 7 N–H and O–H groups in total. The van der Waals surface area contributed by atoms with Crippen molar-refractivity contribution in [2.24, 2.45) is 5.73 Å². The van der Waals surface area contributed by atoms with Crippen LogP contribution in [0.1, 0.15) is 136 Å². The number of nitrogens with two attached hydrogens (primary N) is 1. The number of nitrogens with zero attached hydrogens (tertiary/aromatic N) is 1. The van der Waals surface area contributed by atoms with E-state index in [4.69, 9.17) is 15.2 Å². The summed E-state index contributed by atoms with van der Waals surface area (Å²) >= 11 is 1.55. The van der Waals surface area contributed by atoms with Crippen LogP contribution in [0, 0.1) is 0 Å². The van der Waals surface area contributed by atoms with Crippen LogP contribution in [0.3, 0.4) is 0 Å². The lowest BCUT2D eigenvalue weighted by Crippen LogP contribution is -2.48. The van der Waals surface area contributed by atoms with Crippen LogP contribution in [-0.4, -0.2) is 88.6 Å². The van der Waals surface area contributed by atoms with Crippen molar-refractivity contribution in [3.05, 3.63) is 46.5 Å². The van der Waals surface area contributed by atoms with Crippen LogP contribution < -0.4 is 32.3 Å². The number of anilines is 1. The standard InChI is InChI=1S/C44H71N7O7S/c1-10-23-46-31-19-20-32-34(27-31)59-40(48-32)49-35(52)17-14-18-36(53)50-41(2,3)21-24-58-44(8,9)29-38(55)51-42(4,5)22-25-57-43(6,7)28-37(54)47-33(39(45)56)26-30-15-12-11-13-16-30/h11-13,15-16,31,33,46H,10,14,17-29H2,1-9H3,(H2,45,56)(H,47,54)(H,50,53)(H,51,55)(H,48,49,52)/t31-,33-/m0/s1.